The summed E-state index contributed by atoms with van der Waals surface area (Å²) in [5.41, 5.74) is 3.16. The number of hydrogen-bond acceptors (Lipinski definition) is 3. The molecule has 0 radical (unpaired) electrons. The molecule has 0 aliphatic rings. The topological polar surface area (TPSA) is 35.1 Å². The molecule has 104 valence electrons. The second-order valence-corrected chi connectivity index (χ2v) is 6.34. The van der Waals surface area contributed by atoms with Crippen LogP contribution >= 0.6 is 34.5 Å². The van der Waals surface area contributed by atoms with Gasteiger partial charge >= 0.3 is 5.76 Å². The minimum absolute atomic E-state index is 0.351. The molecular weight excluding hydrogens is 317 g/mol. The zero-order valence-corrected chi connectivity index (χ0v) is 13.1. The number of thiophene rings is 1. The van der Waals surface area contributed by atoms with E-state index in [1.807, 2.05) is 24.4 Å². The third-order valence-electron chi connectivity index (χ3n) is 3.26. The highest BCUT2D eigenvalue weighted by atomic mass is 35.5. The van der Waals surface area contributed by atoms with Crippen LogP contribution < -0.4 is 5.76 Å². The third-order valence-corrected chi connectivity index (χ3v) is 5.64. The summed E-state index contributed by atoms with van der Waals surface area (Å²) in [5.74, 6) is -0.381. The maximum atomic E-state index is 11.5. The Hall–Kier alpha value is -1.23. The summed E-state index contributed by atoms with van der Waals surface area (Å²) in [7, 11) is 1.67. The highest BCUT2D eigenvalue weighted by Gasteiger charge is 2.19. The van der Waals surface area contributed by atoms with Crippen molar-refractivity contribution in [3.8, 4) is 0 Å². The number of nitrogens with zero attached hydrogens (tertiary/aromatic N) is 1. The van der Waals surface area contributed by atoms with Crippen molar-refractivity contribution in [2.24, 2.45) is 7.05 Å². The van der Waals surface area contributed by atoms with Crippen molar-refractivity contribution in [2.75, 3.05) is 0 Å². The van der Waals surface area contributed by atoms with E-state index in [1.165, 1.54) is 15.9 Å². The molecule has 1 atom stereocenters. The maximum absolute atomic E-state index is 11.5. The van der Waals surface area contributed by atoms with Gasteiger partial charge in [0.05, 0.1) is 15.9 Å². The quantitative estimate of drug-likeness (QED) is 0.650. The number of oxazole rings is 1. The Morgan fingerprint density at radius 1 is 1.40 bits per heavy atom. The van der Waals surface area contributed by atoms with E-state index >= 15 is 0 Å². The Morgan fingerprint density at radius 2 is 2.15 bits per heavy atom. The van der Waals surface area contributed by atoms with Gasteiger partial charge in [-0.05, 0) is 35.6 Å². The third kappa shape index (κ3) is 2.08. The van der Waals surface area contributed by atoms with E-state index in [9.17, 15) is 4.79 Å². The molecule has 0 spiro atoms. The summed E-state index contributed by atoms with van der Waals surface area (Å²) >= 11 is 14.3. The number of aromatic nitrogens is 1. The number of halogens is 2. The Kier molecular flexibility index (Phi) is 3.40. The monoisotopic (exact) mass is 327 g/mol. The summed E-state index contributed by atoms with van der Waals surface area (Å²) in [6.07, 6.45) is 0. The first-order chi connectivity index (χ1) is 9.49. The van der Waals surface area contributed by atoms with Gasteiger partial charge in [0, 0.05) is 11.9 Å². The van der Waals surface area contributed by atoms with Crippen LogP contribution in [0.2, 0.25) is 5.02 Å². The molecule has 3 nitrogen and oxygen atoms in total. The molecule has 6 heteroatoms. The van der Waals surface area contributed by atoms with E-state index in [1.54, 1.807) is 13.1 Å². The molecule has 3 aromatic rings. The molecule has 1 aromatic carbocycles. The lowest BCUT2D eigenvalue weighted by atomic mass is 10.1. The summed E-state index contributed by atoms with van der Waals surface area (Å²) in [6, 6.07) is 5.51. The molecule has 3 rings (SSSR count). The van der Waals surface area contributed by atoms with Crippen molar-refractivity contribution in [2.45, 2.75) is 12.3 Å². The Bertz CT molecular complexity index is 847. The van der Waals surface area contributed by atoms with E-state index in [0.717, 1.165) is 21.5 Å². The minimum atomic E-state index is -0.381. The molecule has 0 saturated heterocycles. The zero-order valence-electron chi connectivity index (χ0n) is 10.8. The molecule has 2 aromatic heterocycles. The fourth-order valence-electron chi connectivity index (χ4n) is 2.08. The summed E-state index contributed by atoms with van der Waals surface area (Å²) in [4.78, 5) is 12.4. The normalized spacial score (nSPS) is 13.0. The van der Waals surface area contributed by atoms with Crippen LogP contribution in [0.3, 0.4) is 0 Å². The lowest BCUT2D eigenvalue weighted by Gasteiger charge is -2.08. The van der Waals surface area contributed by atoms with Crippen molar-refractivity contribution in [1.29, 1.82) is 0 Å². The van der Waals surface area contributed by atoms with Crippen LogP contribution in [0.1, 0.15) is 21.4 Å². The smallest absolute Gasteiger partial charge is 0.408 e. The largest absolute Gasteiger partial charge is 0.419 e. The van der Waals surface area contributed by atoms with Crippen LogP contribution in [0.5, 0.6) is 0 Å². The van der Waals surface area contributed by atoms with Gasteiger partial charge in [0.25, 0.3) is 0 Å². The van der Waals surface area contributed by atoms with Crippen molar-refractivity contribution >= 4 is 45.6 Å². The molecule has 0 aliphatic heterocycles. The number of alkyl halides is 1. The van der Waals surface area contributed by atoms with Crippen LogP contribution in [0.25, 0.3) is 11.1 Å². The van der Waals surface area contributed by atoms with Gasteiger partial charge in [-0.15, -0.1) is 22.9 Å². The molecule has 2 heterocycles. The first kappa shape index (κ1) is 13.7. The molecular formula is C14H11Cl2NO2S. The van der Waals surface area contributed by atoms with E-state index in [0.29, 0.717) is 10.6 Å². The highest BCUT2D eigenvalue weighted by molar-refractivity contribution is 7.11. The van der Waals surface area contributed by atoms with Gasteiger partial charge in [0.15, 0.2) is 5.58 Å². The average molecular weight is 328 g/mol. The van der Waals surface area contributed by atoms with Crippen LogP contribution in [0.15, 0.2) is 32.8 Å². The van der Waals surface area contributed by atoms with Gasteiger partial charge in [-0.2, -0.15) is 0 Å². The number of aryl methyl sites for hydroxylation is 2. The lowest BCUT2D eigenvalue weighted by molar-refractivity contribution is 0.528. The molecule has 20 heavy (non-hydrogen) atoms. The average Bonchev–Trinajstić information content (AvgIpc) is 2.91. The van der Waals surface area contributed by atoms with Crippen molar-refractivity contribution < 1.29 is 4.42 Å². The Labute approximate surface area is 129 Å². The van der Waals surface area contributed by atoms with Gasteiger partial charge in [0.2, 0.25) is 0 Å². The second kappa shape index (κ2) is 4.95. The summed E-state index contributed by atoms with van der Waals surface area (Å²) in [6.45, 7) is 1.95. The van der Waals surface area contributed by atoms with E-state index < -0.39 is 0 Å². The van der Waals surface area contributed by atoms with Gasteiger partial charge < -0.3 is 4.42 Å². The molecule has 0 aliphatic carbocycles. The Balaban J connectivity index is 2.10. The van der Waals surface area contributed by atoms with Crippen molar-refractivity contribution in [3.63, 3.8) is 0 Å². The lowest BCUT2D eigenvalue weighted by Crippen LogP contribution is -2.08. The summed E-state index contributed by atoms with van der Waals surface area (Å²) in [5, 5.41) is 2.33. The molecule has 0 saturated carbocycles. The molecule has 0 N–H and O–H groups in total. The van der Waals surface area contributed by atoms with Gasteiger partial charge in [-0.1, -0.05) is 17.7 Å². The first-order valence-electron chi connectivity index (χ1n) is 5.96. The molecule has 1 unspecified atom stereocenters. The van der Waals surface area contributed by atoms with Crippen molar-refractivity contribution in [3.05, 3.63) is 55.2 Å². The first-order valence-corrected chi connectivity index (χ1v) is 7.65. The number of benzene rings is 1. The van der Waals surface area contributed by atoms with Crippen LogP contribution in [-0.4, -0.2) is 4.57 Å². The Morgan fingerprint density at radius 3 is 2.80 bits per heavy atom. The molecule has 0 amide bonds. The van der Waals surface area contributed by atoms with Crippen LogP contribution in [0.4, 0.5) is 0 Å². The molecule has 0 bridgehead atoms. The van der Waals surface area contributed by atoms with Gasteiger partial charge in [-0.3, -0.25) is 4.57 Å². The van der Waals surface area contributed by atoms with E-state index in [4.69, 9.17) is 27.6 Å². The van der Waals surface area contributed by atoms with Crippen molar-refractivity contribution in [1.82, 2.24) is 4.57 Å². The number of hydrogen-bond donors (Lipinski definition) is 0. The predicted octanol–water partition coefficient (Wildman–Crippen LogP) is 4.48. The number of rotatable bonds is 2. The SMILES string of the molecule is Cc1csc(C(Cl)c2ccc3c(c2)oc(=O)n3C)c1Cl. The summed E-state index contributed by atoms with van der Waals surface area (Å²) < 4.78 is 6.64. The highest BCUT2D eigenvalue weighted by Crippen LogP contribution is 2.40. The fourth-order valence-corrected chi connectivity index (χ4v) is 3.84. The second-order valence-electron chi connectivity index (χ2n) is 4.61. The van der Waals surface area contributed by atoms with E-state index in [2.05, 4.69) is 0 Å². The van der Waals surface area contributed by atoms with Gasteiger partial charge in [-0.25, -0.2) is 4.79 Å². The zero-order chi connectivity index (χ0) is 14.4. The fraction of sp³-hybridized carbons (Fsp3) is 0.214. The molecule has 0 fully saturated rings. The van der Waals surface area contributed by atoms with E-state index in [-0.39, 0.29) is 11.1 Å². The van der Waals surface area contributed by atoms with Crippen LogP contribution in [0, 0.1) is 6.92 Å². The maximum Gasteiger partial charge on any atom is 0.419 e. The van der Waals surface area contributed by atoms with Gasteiger partial charge in [0.1, 0.15) is 0 Å². The van der Waals surface area contributed by atoms with Crippen LogP contribution in [-0.2, 0) is 7.05 Å². The number of fused-ring (bicyclic) bond motifs is 1. The standard InChI is InChI=1S/C14H11Cl2NO2S/c1-7-6-20-13(11(7)15)12(16)8-3-4-9-10(5-8)19-14(18)17(9)2/h3-6,12H,1-2H3. The predicted molar refractivity (Wildman–Crippen MR) is 83.2 cm³/mol. The minimum Gasteiger partial charge on any atom is -0.408 e.